The summed E-state index contributed by atoms with van der Waals surface area (Å²) in [6, 6.07) is 10.9. The highest BCUT2D eigenvalue weighted by molar-refractivity contribution is 6.11. The topological polar surface area (TPSA) is 52.6 Å². The zero-order chi connectivity index (χ0) is 16.4. The summed E-state index contributed by atoms with van der Waals surface area (Å²) >= 11 is 0. The molecule has 23 heavy (non-hydrogen) atoms. The van der Waals surface area contributed by atoms with Crippen LogP contribution in [0, 0.1) is 5.82 Å². The molecule has 0 amide bonds. The van der Waals surface area contributed by atoms with Crippen molar-refractivity contribution in [1.29, 1.82) is 0 Å². The predicted molar refractivity (Wildman–Crippen MR) is 81.1 cm³/mol. The Balaban J connectivity index is 2.03. The van der Waals surface area contributed by atoms with Gasteiger partial charge < -0.3 is 9.47 Å². The van der Waals surface area contributed by atoms with Gasteiger partial charge in [-0.1, -0.05) is 30.3 Å². The quantitative estimate of drug-likeness (QED) is 0.643. The minimum Gasteiger partial charge on any atom is -0.491 e. The third kappa shape index (κ3) is 2.82. The van der Waals surface area contributed by atoms with E-state index in [0.29, 0.717) is 11.1 Å². The van der Waals surface area contributed by atoms with Crippen LogP contribution >= 0.6 is 0 Å². The number of rotatable bonds is 4. The second kappa shape index (κ2) is 6.20. The van der Waals surface area contributed by atoms with Crippen molar-refractivity contribution in [1.82, 2.24) is 0 Å². The highest BCUT2D eigenvalue weighted by atomic mass is 19.1. The molecular weight excluding hydrogens is 299 g/mol. The Bertz CT molecular complexity index is 755. The predicted octanol–water partition coefficient (Wildman–Crippen LogP) is 3.10. The average molecular weight is 314 g/mol. The highest BCUT2D eigenvalue weighted by Gasteiger charge is 2.35. The molecule has 0 fully saturated rings. The summed E-state index contributed by atoms with van der Waals surface area (Å²) in [5.41, 5.74) is 0.921. The first-order chi connectivity index (χ1) is 11.1. The number of carbonyl (C=O) groups excluding carboxylic acids is 2. The van der Waals surface area contributed by atoms with Gasteiger partial charge in [0.2, 0.25) is 0 Å². The molecule has 1 aliphatic heterocycles. The first-order valence-electron chi connectivity index (χ1n) is 7.34. The number of esters is 1. The molecule has 0 saturated heterocycles. The molecule has 0 saturated carbocycles. The van der Waals surface area contributed by atoms with E-state index in [1.807, 2.05) is 0 Å². The Morgan fingerprint density at radius 2 is 2.00 bits per heavy atom. The van der Waals surface area contributed by atoms with Crippen molar-refractivity contribution in [2.75, 3.05) is 13.2 Å². The first-order valence-corrected chi connectivity index (χ1v) is 7.34. The average Bonchev–Trinajstić information content (AvgIpc) is 2.98. The molecule has 1 heterocycles. The Hall–Kier alpha value is -2.69. The fourth-order valence-electron chi connectivity index (χ4n) is 2.64. The van der Waals surface area contributed by atoms with Crippen molar-refractivity contribution < 1.29 is 23.5 Å². The molecular formula is C18H15FO4. The van der Waals surface area contributed by atoms with E-state index in [-0.39, 0.29) is 30.3 Å². The van der Waals surface area contributed by atoms with Gasteiger partial charge in [-0.2, -0.15) is 0 Å². The lowest BCUT2D eigenvalue weighted by molar-refractivity contribution is -0.145. The van der Waals surface area contributed by atoms with Crippen LogP contribution in [0.4, 0.5) is 4.39 Å². The fourth-order valence-corrected chi connectivity index (χ4v) is 2.64. The van der Waals surface area contributed by atoms with Crippen LogP contribution in [0.3, 0.4) is 0 Å². The Kier molecular flexibility index (Phi) is 4.10. The van der Waals surface area contributed by atoms with Crippen molar-refractivity contribution in [2.45, 2.75) is 12.8 Å². The molecule has 0 aliphatic carbocycles. The molecule has 0 spiro atoms. The number of ketones is 1. The van der Waals surface area contributed by atoms with Gasteiger partial charge in [0.25, 0.3) is 0 Å². The van der Waals surface area contributed by atoms with Crippen LogP contribution in [0.15, 0.2) is 42.5 Å². The molecule has 3 rings (SSSR count). The third-order valence-electron chi connectivity index (χ3n) is 3.70. The van der Waals surface area contributed by atoms with Crippen LogP contribution in [0.1, 0.15) is 34.3 Å². The van der Waals surface area contributed by atoms with Gasteiger partial charge in [-0.15, -0.1) is 0 Å². The van der Waals surface area contributed by atoms with Gasteiger partial charge in [-0.25, -0.2) is 4.39 Å². The van der Waals surface area contributed by atoms with E-state index < -0.39 is 17.7 Å². The van der Waals surface area contributed by atoms with Crippen LogP contribution in [0.2, 0.25) is 0 Å². The summed E-state index contributed by atoms with van der Waals surface area (Å²) in [5.74, 6) is -1.84. The molecule has 4 nitrogen and oxygen atoms in total. The third-order valence-corrected chi connectivity index (χ3v) is 3.70. The molecule has 1 unspecified atom stereocenters. The molecule has 2 aromatic carbocycles. The van der Waals surface area contributed by atoms with Gasteiger partial charge in [0, 0.05) is 11.1 Å². The summed E-state index contributed by atoms with van der Waals surface area (Å²) in [5, 5.41) is 0. The van der Waals surface area contributed by atoms with Crippen LogP contribution in [0.5, 0.6) is 5.75 Å². The van der Waals surface area contributed by atoms with Crippen molar-refractivity contribution in [3.05, 3.63) is 65.0 Å². The van der Waals surface area contributed by atoms with Gasteiger partial charge in [-0.05, 0) is 19.1 Å². The first kappa shape index (κ1) is 15.2. The van der Waals surface area contributed by atoms with Gasteiger partial charge in [0.15, 0.2) is 5.78 Å². The van der Waals surface area contributed by atoms with Crippen LogP contribution in [-0.4, -0.2) is 25.0 Å². The Morgan fingerprint density at radius 1 is 1.26 bits per heavy atom. The van der Waals surface area contributed by atoms with Gasteiger partial charge in [0.05, 0.1) is 12.2 Å². The number of hydrogen-bond donors (Lipinski definition) is 0. The number of fused-ring (bicyclic) bond motifs is 1. The molecule has 0 radical (unpaired) electrons. The SMILES string of the molecule is CCOC(=O)C1COc2c(C(=O)c3ccccc3)cc(F)cc21. The van der Waals surface area contributed by atoms with E-state index in [1.165, 1.54) is 6.07 Å². The van der Waals surface area contributed by atoms with Gasteiger partial charge >= 0.3 is 5.97 Å². The molecule has 0 N–H and O–H groups in total. The van der Waals surface area contributed by atoms with E-state index in [4.69, 9.17) is 9.47 Å². The molecule has 118 valence electrons. The second-order valence-electron chi connectivity index (χ2n) is 5.18. The smallest absolute Gasteiger partial charge is 0.317 e. The van der Waals surface area contributed by atoms with E-state index in [2.05, 4.69) is 0 Å². The van der Waals surface area contributed by atoms with Crippen molar-refractivity contribution in [3.63, 3.8) is 0 Å². The summed E-state index contributed by atoms with van der Waals surface area (Å²) in [6.45, 7) is 1.98. The molecule has 1 atom stereocenters. The number of carbonyl (C=O) groups is 2. The lowest BCUT2D eigenvalue weighted by Gasteiger charge is -2.09. The Morgan fingerprint density at radius 3 is 2.70 bits per heavy atom. The normalized spacial score (nSPS) is 15.7. The molecule has 0 bridgehead atoms. The van der Waals surface area contributed by atoms with Crippen LogP contribution in [0.25, 0.3) is 0 Å². The zero-order valence-electron chi connectivity index (χ0n) is 12.5. The highest BCUT2D eigenvalue weighted by Crippen LogP contribution is 2.39. The summed E-state index contributed by atoms with van der Waals surface area (Å²) in [7, 11) is 0. The lowest BCUT2D eigenvalue weighted by Crippen LogP contribution is -2.17. The van der Waals surface area contributed by atoms with E-state index in [9.17, 15) is 14.0 Å². The maximum Gasteiger partial charge on any atom is 0.317 e. The fraction of sp³-hybridized carbons (Fsp3) is 0.222. The second-order valence-corrected chi connectivity index (χ2v) is 5.18. The van der Waals surface area contributed by atoms with Crippen molar-refractivity contribution >= 4 is 11.8 Å². The molecule has 5 heteroatoms. The van der Waals surface area contributed by atoms with E-state index in [1.54, 1.807) is 37.3 Å². The largest absolute Gasteiger partial charge is 0.491 e. The molecule has 2 aromatic rings. The van der Waals surface area contributed by atoms with Crippen LogP contribution < -0.4 is 4.74 Å². The van der Waals surface area contributed by atoms with Crippen LogP contribution in [-0.2, 0) is 9.53 Å². The summed E-state index contributed by atoms with van der Waals surface area (Å²) < 4.78 is 24.5. The van der Waals surface area contributed by atoms with Crippen molar-refractivity contribution in [2.24, 2.45) is 0 Å². The lowest BCUT2D eigenvalue weighted by atomic mass is 9.95. The van der Waals surface area contributed by atoms with Gasteiger partial charge in [-0.3, -0.25) is 9.59 Å². The Labute approximate surface area is 132 Å². The monoisotopic (exact) mass is 314 g/mol. The number of benzene rings is 2. The van der Waals surface area contributed by atoms with E-state index in [0.717, 1.165) is 6.07 Å². The minimum atomic E-state index is -0.706. The maximum absolute atomic E-state index is 14.0. The number of hydrogen-bond acceptors (Lipinski definition) is 4. The van der Waals surface area contributed by atoms with E-state index >= 15 is 0 Å². The minimum absolute atomic E-state index is 0.0483. The summed E-state index contributed by atoms with van der Waals surface area (Å²) in [6.07, 6.45) is 0. The zero-order valence-corrected chi connectivity index (χ0v) is 12.5. The molecule has 1 aliphatic rings. The standard InChI is InChI=1S/C18H15FO4/c1-2-22-18(21)15-10-23-17-13(15)8-12(19)9-14(17)16(20)11-6-4-3-5-7-11/h3-9,15H,2,10H2,1H3. The molecule has 0 aromatic heterocycles. The maximum atomic E-state index is 14.0. The number of ether oxygens (including phenoxy) is 2. The number of halogens is 1. The summed E-state index contributed by atoms with van der Waals surface area (Å²) in [4.78, 5) is 24.6. The van der Waals surface area contributed by atoms with Crippen molar-refractivity contribution in [3.8, 4) is 5.75 Å². The van der Waals surface area contributed by atoms with Gasteiger partial charge in [0.1, 0.15) is 24.1 Å².